The predicted octanol–water partition coefficient (Wildman–Crippen LogP) is 2.79. The van der Waals surface area contributed by atoms with E-state index in [2.05, 4.69) is 13.8 Å². The maximum Gasteiger partial charge on any atom is 0.340 e. The second-order valence-corrected chi connectivity index (χ2v) is 4.72. The van der Waals surface area contributed by atoms with Gasteiger partial charge >= 0.3 is 5.97 Å². The minimum atomic E-state index is -0.440. The highest BCUT2D eigenvalue weighted by atomic mass is 16.5. The Hall–Kier alpha value is -1.71. The van der Waals surface area contributed by atoms with Gasteiger partial charge in [0.25, 0.3) is 0 Å². The molecule has 4 heteroatoms. The molecule has 0 amide bonds. The standard InChI is InChI=1S/C14H21NO3/c1-9(2)5-6-18-11-7-10(3)13(15)12(8-11)14(16)17-4/h7-9H,5-6,15H2,1-4H3. The molecule has 4 nitrogen and oxygen atoms in total. The Kier molecular flexibility index (Phi) is 5.01. The number of benzene rings is 1. The Labute approximate surface area is 108 Å². The third-order valence-corrected chi connectivity index (χ3v) is 2.73. The number of nitrogens with two attached hydrogens (primary N) is 1. The van der Waals surface area contributed by atoms with Crippen LogP contribution < -0.4 is 10.5 Å². The molecule has 0 aliphatic rings. The van der Waals surface area contributed by atoms with E-state index in [1.54, 1.807) is 6.07 Å². The second kappa shape index (κ2) is 6.28. The van der Waals surface area contributed by atoms with Crippen LogP contribution >= 0.6 is 0 Å². The average Bonchev–Trinajstić information content (AvgIpc) is 2.32. The number of anilines is 1. The summed E-state index contributed by atoms with van der Waals surface area (Å²) in [6.07, 6.45) is 0.969. The molecule has 0 aliphatic heterocycles. The van der Waals surface area contributed by atoms with Crippen LogP contribution in [0.5, 0.6) is 5.75 Å². The van der Waals surface area contributed by atoms with Crippen LogP contribution in [0.3, 0.4) is 0 Å². The lowest BCUT2D eigenvalue weighted by molar-refractivity contribution is 0.0601. The van der Waals surface area contributed by atoms with Crippen LogP contribution in [0.15, 0.2) is 12.1 Å². The molecule has 0 saturated carbocycles. The van der Waals surface area contributed by atoms with Crippen LogP contribution in [0.4, 0.5) is 5.69 Å². The Balaban J connectivity index is 2.87. The first kappa shape index (κ1) is 14.4. The molecule has 0 spiro atoms. The zero-order valence-corrected chi connectivity index (χ0v) is 11.4. The van der Waals surface area contributed by atoms with E-state index in [-0.39, 0.29) is 0 Å². The van der Waals surface area contributed by atoms with Gasteiger partial charge in [-0.3, -0.25) is 0 Å². The van der Waals surface area contributed by atoms with Gasteiger partial charge in [0, 0.05) is 5.69 Å². The molecule has 18 heavy (non-hydrogen) atoms. The third kappa shape index (κ3) is 3.65. The molecule has 100 valence electrons. The largest absolute Gasteiger partial charge is 0.494 e. The van der Waals surface area contributed by atoms with E-state index in [1.165, 1.54) is 7.11 Å². The van der Waals surface area contributed by atoms with Gasteiger partial charge in [0.2, 0.25) is 0 Å². The summed E-state index contributed by atoms with van der Waals surface area (Å²) in [5.74, 6) is 0.799. The van der Waals surface area contributed by atoms with Crippen molar-refractivity contribution < 1.29 is 14.3 Å². The van der Waals surface area contributed by atoms with Crippen molar-refractivity contribution in [3.8, 4) is 5.75 Å². The summed E-state index contributed by atoms with van der Waals surface area (Å²) >= 11 is 0. The normalized spacial score (nSPS) is 10.5. The van der Waals surface area contributed by atoms with E-state index in [0.29, 0.717) is 29.5 Å². The highest BCUT2D eigenvalue weighted by Gasteiger charge is 2.14. The summed E-state index contributed by atoms with van der Waals surface area (Å²) in [4.78, 5) is 11.6. The molecule has 1 aromatic rings. The van der Waals surface area contributed by atoms with E-state index in [9.17, 15) is 4.79 Å². The van der Waals surface area contributed by atoms with Crippen molar-refractivity contribution in [2.75, 3.05) is 19.5 Å². The molecule has 0 fully saturated rings. The van der Waals surface area contributed by atoms with Crippen molar-refractivity contribution in [2.45, 2.75) is 27.2 Å². The highest BCUT2D eigenvalue weighted by molar-refractivity contribution is 5.96. The molecular formula is C14H21NO3. The highest BCUT2D eigenvalue weighted by Crippen LogP contribution is 2.25. The van der Waals surface area contributed by atoms with Gasteiger partial charge in [-0.1, -0.05) is 13.8 Å². The third-order valence-electron chi connectivity index (χ3n) is 2.73. The Morgan fingerprint density at radius 3 is 2.61 bits per heavy atom. The molecule has 0 aromatic heterocycles. The number of rotatable bonds is 5. The van der Waals surface area contributed by atoms with E-state index in [4.69, 9.17) is 15.2 Å². The fourth-order valence-corrected chi connectivity index (χ4v) is 1.54. The molecule has 0 bridgehead atoms. The van der Waals surface area contributed by atoms with Crippen LogP contribution in [0.25, 0.3) is 0 Å². The predicted molar refractivity (Wildman–Crippen MR) is 71.9 cm³/mol. The van der Waals surface area contributed by atoms with Crippen molar-refractivity contribution in [1.29, 1.82) is 0 Å². The van der Waals surface area contributed by atoms with E-state index in [1.807, 2.05) is 13.0 Å². The Morgan fingerprint density at radius 2 is 2.06 bits per heavy atom. The van der Waals surface area contributed by atoms with Crippen LogP contribution in [0.2, 0.25) is 0 Å². The molecule has 0 saturated heterocycles. The second-order valence-electron chi connectivity index (χ2n) is 4.72. The minimum Gasteiger partial charge on any atom is -0.494 e. The first-order valence-electron chi connectivity index (χ1n) is 6.07. The molecule has 2 N–H and O–H groups in total. The SMILES string of the molecule is COC(=O)c1cc(OCCC(C)C)cc(C)c1N. The smallest absolute Gasteiger partial charge is 0.340 e. The topological polar surface area (TPSA) is 61.5 Å². The van der Waals surface area contributed by atoms with Crippen LogP contribution in [0, 0.1) is 12.8 Å². The van der Waals surface area contributed by atoms with Crippen molar-refractivity contribution >= 4 is 11.7 Å². The fourth-order valence-electron chi connectivity index (χ4n) is 1.54. The maximum absolute atomic E-state index is 11.6. The van der Waals surface area contributed by atoms with Gasteiger partial charge in [-0.25, -0.2) is 4.79 Å². The summed E-state index contributed by atoms with van der Waals surface area (Å²) in [5, 5.41) is 0. The molecule has 1 rings (SSSR count). The molecule has 0 radical (unpaired) electrons. The number of ether oxygens (including phenoxy) is 2. The monoisotopic (exact) mass is 251 g/mol. The van der Waals surface area contributed by atoms with E-state index < -0.39 is 5.97 Å². The van der Waals surface area contributed by atoms with Gasteiger partial charge in [0.15, 0.2) is 0 Å². The molecule has 1 aromatic carbocycles. The minimum absolute atomic E-state index is 0.358. The molecule has 0 unspecified atom stereocenters. The summed E-state index contributed by atoms with van der Waals surface area (Å²) < 4.78 is 10.3. The zero-order chi connectivity index (χ0) is 13.7. The lowest BCUT2D eigenvalue weighted by Crippen LogP contribution is -2.08. The van der Waals surface area contributed by atoms with Gasteiger partial charge in [0.1, 0.15) is 5.75 Å². The number of carbonyl (C=O) groups is 1. The number of aryl methyl sites for hydroxylation is 1. The maximum atomic E-state index is 11.6. The first-order chi connectivity index (χ1) is 8.45. The van der Waals surface area contributed by atoms with Gasteiger partial charge in [-0.15, -0.1) is 0 Å². The van der Waals surface area contributed by atoms with Crippen molar-refractivity contribution in [3.05, 3.63) is 23.3 Å². The Bertz CT molecular complexity index is 427. The Morgan fingerprint density at radius 1 is 1.39 bits per heavy atom. The van der Waals surface area contributed by atoms with Crippen LogP contribution in [0.1, 0.15) is 36.2 Å². The number of hydrogen-bond acceptors (Lipinski definition) is 4. The molecular weight excluding hydrogens is 230 g/mol. The van der Waals surface area contributed by atoms with Gasteiger partial charge in [-0.05, 0) is 37.0 Å². The molecule has 0 aliphatic carbocycles. The van der Waals surface area contributed by atoms with Crippen molar-refractivity contribution in [1.82, 2.24) is 0 Å². The van der Waals surface area contributed by atoms with Gasteiger partial charge in [-0.2, -0.15) is 0 Å². The summed E-state index contributed by atoms with van der Waals surface area (Å²) in [7, 11) is 1.34. The number of methoxy groups -OCH3 is 1. The number of esters is 1. The summed E-state index contributed by atoms with van der Waals surface area (Å²) in [5.41, 5.74) is 7.47. The zero-order valence-electron chi connectivity index (χ0n) is 11.4. The number of hydrogen-bond donors (Lipinski definition) is 1. The van der Waals surface area contributed by atoms with E-state index >= 15 is 0 Å². The van der Waals surface area contributed by atoms with Gasteiger partial charge in [0.05, 0.1) is 19.3 Å². The molecule has 0 heterocycles. The quantitative estimate of drug-likeness (QED) is 0.645. The average molecular weight is 251 g/mol. The summed E-state index contributed by atoms with van der Waals surface area (Å²) in [6.45, 7) is 6.74. The van der Waals surface area contributed by atoms with Crippen molar-refractivity contribution in [2.24, 2.45) is 5.92 Å². The lowest BCUT2D eigenvalue weighted by Gasteiger charge is -2.12. The van der Waals surface area contributed by atoms with Crippen LogP contribution in [-0.4, -0.2) is 19.7 Å². The van der Waals surface area contributed by atoms with Gasteiger partial charge < -0.3 is 15.2 Å². The lowest BCUT2D eigenvalue weighted by atomic mass is 10.1. The van der Waals surface area contributed by atoms with Crippen LogP contribution in [-0.2, 0) is 4.74 Å². The summed E-state index contributed by atoms with van der Waals surface area (Å²) in [6, 6.07) is 3.47. The van der Waals surface area contributed by atoms with Crippen molar-refractivity contribution in [3.63, 3.8) is 0 Å². The fraction of sp³-hybridized carbons (Fsp3) is 0.500. The first-order valence-corrected chi connectivity index (χ1v) is 6.07. The van der Waals surface area contributed by atoms with E-state index in [0.717, 1.165) is 12.0 Å². The number of carbonyl (C=O) groups excluding carboxylic acids is 1. The molecule has 0 atom stereocenters. The number of nitrogen functional groups attached to an aromatic ring is 1.